The maximum Gasteiger partial charge on any atom is 0.247 e. The summed E-state index contributed by atoms with van der Waals surface area (Å²) in [5, 5.41) is 3.09. The second-order valence-electron chi connectivity index (χ2n) is 4.27. The van der Waals surface area contributed by atoms with E-state index in [1.165, 1.54) is 4.90 Å². The molecule has 1 aliphatic rings. The lowest BCUT2D eigenvalue weighted by atomic mass is 10.2. The van der Waals surface area contributed by atoms with Crippen LogP contribution in [0.4, 0.5) is 0 Å². The van der Waals surface area contributed by atoms with Crippen LogP contribution in [0.2, 0.25) is 0 Å². The molecule has 1 atom stereocenters. The zero-order valence-corrected chi connectivity index (χ0v) is 9.20. The van der Waals surface area contributed by atoms with Gasteiger partial charge in [-0.05, 0) is 13.8 Å². The molecule has 0 bridgehead atoms. The van der Waals surface area contributed by atoms with Gasteiger partial charge in [0.05, 0.1) is 12.5 Å². The summed E-state index contributed by atoms with van der Waals surface area (Å²) in [4.78, 5) is 24.6. The lowest BCUT2D eigenvalue weighted by Gasteiger charge is -2.19. The number of hydrogen-bond donors (Lipinski definition) is 1. The fourth-order valence-corrected chi connectivity index (χ4v) is 1.73. The Morgan fingerprint density at radius 3 is 2.21 bits per heavy atom. The molecule has 1 aliphatic heterocycles. The number of amides is 2. The van der Waals surface area contributed by atoms with Gasteiger partial charge in [-0.2, -0.15) is 0 Å². The molecule has 14 heavy (non-hydrogen) atoms. The minimum absolute atomic E-state index is 0.0334. The molecule has 0 aliphatic carbocycles. The van der Waals surface area contributed by atoms with Gasteiger partial charge in [-0.3, -0.25) is 14.5 Å². The molecule has 1 rings (SSSR count). The number of rotatable bonds is 3. The van der Waals surface area contributed by atoms with Crippen LogP contribution in [0.15, 0.2) is 0 Å². The third kappa shape index (κ3) is 2.12. The van der Waals surface area contributed by atoms with Crippen LogP contribution in [-0.4, -0.2) is 34.8 Å². The van der Waals surface area contributed by atoms with E-state index >= 15 is 0 Å². The summed E-state index contributed by atoms with van der Waals surface area (Å²) in [6.07, 6.45) is 0.301. The first-order valence-electron chi connectivity index (χ1n) is 5.05. The Balaban J connectivity index is 2.69. The van der Waals surface area contributed by atoms with E-state index in [2.05, 4.69) is 5.32 Å². The van der Waals surface area contributed by atoms with Crippen molar-refractivity contribution >= 4 is 11.8 Å². The van der Waals surface area contributed by atoms with Gasteiger partial charge in [0, 0.05) is 12.1 Å². The first kappa shape index (κ1) is 11.2. The van der Waals surface area contributed by atoms with Crippen LogP contribution in [0.3, 0.4) is 0 Å². The van der Waals surface area contributed by atoms with Gasteiger partial charge >= 0.3 is 0 Å². The van der Waals surface area contributed by atoms with Gasteiger partial charge in [-0.1, -0.05) is 13.8 Å². The predicted molar refractivity (Wildman–Crippen MR) is 53.7 cm³/mol. The van der Waals surface area contributed by atoms with E-state index in [0.717, 1.165) is 0 Å². The van der Waals surface area contributed by atoms with Crippen LogP contribution in [-0.2, 0) is 9.59 Å². The van der Waals surface area contributed by atoms with E-state index in [-0.39, 0.29) is 29.9 Å². The highest BCUT2D eigenvalue weighted by Crippen LogP contribution is 2.16. The van der Waals surface area contributed by atoms with Gasteiger partial charge in [0.25, 0.3) is 0 Å². The van der Waals surface area contributed by atoms with Crippen molar-refractivity contribution in [2.45, 2.75) is 52.2 Å². The molecule has 0 spiro atoms. The van der Waals surface area contributed by atoms with Crippen molar-refractivity contribution in [3.05, 3.63) is 0 Å². The molecule has 0 aromatic carbocycles. The van der Waals surface area contributed by atoms with E-state index in [1.54, 1.807) is 0 Å². The second kappa shape index (κ2) is 4.09. The highest BCUT2D eigenvalue weighted by molar-refractivity contribution is 6.05. The van der Waals surface area contributed by atoms with Crippen LogP contribution < -0.4 is 5.32 Å². The molecule has 0 unspecified atom stereocenters. The Kier molecular flexibility index (Phi) is 3.26. The molecular formula is C10H18N2O2. The maximum absolute atomic E-state index is 11.7. The molecular weight excluding hydrogens is 180 g/mol. The number of likely N-dealkylation sites (tertiary alicyclic amines) is 1. The number of hydrogen-bond acceptors (Lipinski definition) is 3. The summed E-state index contributed by atoms with van der Waals surface area (Å²) in [5.74, 6) is -0.151. The Hall–Kier alpha value is -0.900. The standard InChI is InChI=1S/C10H18N2O2/c1-6(2)11-8-5-9(13)12(7(3)4)10(8)14/h6-8,11H,5H2,1-4H3/t8-/m1/s1. The summed E-state index contributed by atoms with van der Waals surface area (Å²) in [6.45, 7) is 7.65. The SMILES string of the molecule is CC(C)N[C@@H]1CC(=O)N(C(C)C)C1=O. The van der Waals surface area contributed by atoms with Gasteiger partial charge in [0.15, 0.2) is 0 Å². The zero-order chi connectivity index (χ0) is 10.9. The summed E-state index contributed by atoms with van der Waals surface area (Å²) in [6, 6.07) is -0.122. The van der Waals surface area contributed by atoms with E-state index in [9.17, 15) is 9.59 Å². The van der Waals surface area contributed by atoms with Gasteiger partial charge in [0.2, 0.25) is 11.8 Å². The van der Waals surface area contributed by atoms with E-state index in [4.69, 9.17) is 0 Å². The van der Waals surface area contributed by atoms with E-state index in [0.29, 0.717) is 6.42 Å². The highest BCUT2D eigenvalue weighted by Gasteiger charge is 2.39. The Labute approximate surface area is 84.7 Å². The van der Waals surface area contributed by atoms with Crippen LogP contribution >= 0.6 is 0 Å². The molecule has 1 fully saturated rings. The first-order valence-corrected chi connectivity index (χ1v) is 5.05. The van der Waals surface area contributed by atoms with Crippen molar-refractivity contribution in [3.63, 3.8) is 0 Å². The normalized spacial score (nSPS) is 23.0. The number of carbonyl (C=O) groups is 2. The second-order valence-corrected chi connectivity index (χ2v) is 4.27. The van der Waals surface area contributed by atoms with Gasteiger partial charge in [-0.15, -0.1) is 0 Å². The number of imide groups is 1. The number of nitrogens with one attached hydrogen (secondary N) is 1. The van der Waals surface area contributed by atoms with Crippen LogP contribution in [0.25, 0.3) is 0 Å². The van der Waals surface area contributed by atoms with Crippen molar-refractivity contribution in [2.24, 2.45) is 0 Å². The summed E-state index contributed by atoms with van der Waals surface area (Å²) in [5.41, 5.74) is 0. The molecule has 0 aromatic heterocycles. The summed E-state index contributed by atoms with van der Waals surface area (Å²) >= 11 is 0. The topological polar surface area (TPSA) is 49.4 Å². The molecule has 80 valence electrons. The molecule has 0 aromatic rings. The minimum atomic E-state index is -0.315. The van der Waals surface area contributed by atoms with Crippen LogP contribution in [0, 0.1) is 0 Å². The van der Waals surface area contributed by atoms with E-state index < -0.39 is 0 Å². The molecule has 0 radical (unpaired) electrons. The fraction of sp³-hybridized carbons (Fsp3) is 0.800. The quantitative estimate of drug-likeness (QED) is 0.673. The molecule has 1 N–H and O–H groups in total. The third-order valence-corrected chi connectivity index (χ3v) is 2.23. The average molecular weight is 198 g/mol. The lowest BCUT2D eigenvalue weighted by molar-refractivity contribution is -0.140. The van der Waals surface area contributed by atoms with Gasteiger partial charge < -0.3 is 5.32 Å². The Morgan fingerprint density at radius 1 is 1.29 bits per heavy atom. The molecule has 2 amide bonds. The molecule has 1 heterocycles. The van der Waals surface area contributed by atoms with Crippen molar-refractivity contribution in [1.82, 2.24) is 10.2 Å². The third-order valence-electron chi connectivity index (χ3n) is 2.23. The number of nitrogens with zero attached hydrogens (tertiary/aromatic N) is 1. The van der Waals surface area contributed by atoms with Gasteiger partial charge in [-0.25, -0.2) is 0 Å². The Bertz CT molecular complexity index is 249. The first-order chi connectivity index (χ1) is 6.43. The maximum atomic E-state index is 11.7. The van der Waals surface area contributed by atoms with Crippen molar-refractivity contribution < 1.29 is 9.59 Å². The largest absolute Gasteiger partial charge is 0.303 e. The van der Waals surface area contributed by atoms with Crippen molar-refractivity contribution in [1.29, 1.82) is 0 Å². The van der Waals surface area contributed by atoms with E-state index in [1.807, 2.05) is 27.7 Å². The fourth-order valence-electron chi connectivity index (χ4n) is 1.73. The highest BCUT2D eigenvalue weighted by atomic mass is 16.2. The minimum Gasteiger partial charge on any atom is -0.303 e. The summed E-state index contributed by atoms with van der Waals surface area (Å²) < 4.78 is 0. The lowest BCUT2D eigenvalue weighted by Crippen LogP contribution is -2.43. The van der Waals surface area contributed by atoms with Crippen molar-refractivity contribution in [2.75, 3.05) is 0 Å². The predicted octanol–water partition coefficient (Wildman–Crippen LogP) is 0.520. The van der Waals surface area contributed by atoms with Crippen LogP contribution in [0.5, 0.6) is 0 Å². The molecule has 4 nitrogen and oxygen atoms in total. The molecule has 0 saturated carbocycles. The van der Waals surface area contributed by atoms with Crippen molar-refractivity contribution in [3.8, 4) is 0 Å². The van der Waals surface area contributed by atoms with Gasteiger partial charge in [0.1, 0.15) is 0 Å². The molecule has 1 saturated heterocycles. The summed E-state index contributed by atoms with van der Waals surface area (Å²) in [7, 11) is 0. The monoisotopic (exact) mass is 198 g/mol. The number of carbonyl (C=O) groups excluding carboxylic acids is 2. The molecule has 4 heteroatoms. The van der Waals surface area contributed by atoms with Crippen LogP contribution in [0.1, 0.15) is 34.1 Å². The zero-order valence-electron chi connectivity index (χ0n) is 9.20. The average Bonchev–Trinajstić information content (AvgIpc) is 2.25. The smallest absolute Gasteiger partial charge is 0.247 e. The Morgan fingerprint density at radius 2 is 1.86 bits per heavy atom.